The summed E-state index contributed by atoms with van der Waals surface area (Å²) in [5.74, 6) is 1.39. The Balaban J connectivity index is 1.89. The van der Waals surface area contributed by atoms with Gasteiger partial charge in [0.25, 0.3) is 5.56 Å². The monoisotopic (exact) mass is 490 g/mol. The zero-order valence-corrected chi connectivity index (χ0v) is 22.2. The molecule has 0 unspecified atom stereocenters. The average Bonchev–Trinajstić information content (AvgIpc) is 3.17. The van der Waals surface area contributed by atoms with Gasteiger partial charge >= 0.3 is 0 Å². The first-order valence-corrected chi connectivity index (χ1v) is 15.8. The molecule has 2 aromatic carbocycles. The second kappa shape index (κ2) is 10.2. The highest BCUT2D eigenvalue weighted by molar-refractivity contribution is 6.76. The molecule has 0 saturated heterocycles. The summed E-state index contributed by atoms with van der Waals surface area (Å²) < 4.78 is 9.64. The standard InChI is InChI=1S/C27H34N4O3Si/c1-6-14-30-26(21-9-7-8-19(2)17-21)29-24-23(27(30)33)31(18-34-15-16-35(3,4)5)25(28-24)20-10-12-22(32)13-11-20/h7-13,17,32H,6,14-16,18H2,1-5H3. The Hall–Kier alpha value is -3.23. The molecule has 0 saturated carbocycles. The quantitative estimate of drug-likeness (QED) is 0.242. The van der Waals surface area contributed by atoms with Crippen LogP contribution in [0.3, 0.4) is 0 Å². The van der Waals surface area contributed by atoms with Crippen LogP contribution in [0.15, 0.2) is 53.3 Å². The molecule has 8 heteroatoms. The van der Waals surface area contributed by atoms with Crippen molar-refractivity contribution >= 4 is 19.2 Å². The molecule has 35 heavy (non-hydrogen) atoms. The number of rotatable bonds is 9. The molecule has 4 rings (SSSR count). The summed E-state index contributed by atoms with van der Waals surface area (Å²) in [6.45, 7) is 12.4. The van der Waals surface area contributed by atoms with Crippen molar-refractivity contribution in [3.05, 3.63) is 64.4 Å². The van der Waals surface area contributed by atoms with Gasteiger partial charge in [-0.2, -0.15) is 0 Å². The maximum absolute atomic E-state index is 13.9. The lowest BCUT2D eigenvalue weighted by Gasteiger charge is -2.17. The molecule has 2 aromatic heterocycles. The van der Waals surface area contributed by atoms with Crippen LogP contribution in [0.4, 0.5) is 0 Å². The van der Waals surface area contributed by atoms with E-state index in [0.717, 1.165) is 29.2 Å². The number of hydrogen-bond donors (Lipinski definition) is 1. The van der Waals surface area contributed by atoms with Crippen LogP contribution in [0.2, 0.25) is 25.7 Å². The minimum atomic E-state index is -1.25. The lowest BCUT2D eigenvalue weighted by molar-refractivity contribution is 0.0908. The van der Waals surface area contributed by atoms with E-state index in [9.17, 15) is 9.90 Å². The van der Waals surface area contributed by atoms with Gasteiger partial charge in [-0.1, -0.05) is 50.3 Å². The Morgan fingerprint density at radius 1 is 0.971 bits per heavy atom. The molecule has 7 nitrogen and oxygen atoms in total. The lowest BCUT2D eigenvalue weighted by atomic mass is 10.1. The smallest absolute Gasteiger partial charge is 0.280 e. The zero-order valence-electron chi connectivity index (χ0n) is 21.2. The number of aryl methyl sites for hydroxylation is 1. The van der Waals surface area contributed by atoms with E-state index in [-0.39, 0.29) is 18.0 Å². The number of ether oxygens (including phenoxy) is 1. The number of imidazole rings is 1. The molecule has 0 fully saturated rings. The van der Waals surface area contributed by atoms with Gasteiger partial charge in [0.1, 0.15) is 24.1 Å². The van der Waals surface area contributed by atoms with Gasteiger partial charge in [0.15, 0.2) is 11.2 Å². The SMILES string of the molecule is CCCn1c(-c2cccc(C)c2)nc2nc(-c3ccc(O)cc3)n(COCC[Si](C)(C)C)c2c1=O. The van der Waals surface area contributed by atoms with Crippen molar-refractivity contribution in [3.63, 3.8) is 0 Å². The van der Waals surface area contributed by atoms with Crippen LogP contribution in [0.1, 0.15) is 18.9 Å². The number of phenolic OH excluding ortho intramolecular Hbond substituents is 1. The first-order chi connectivity index (χ1) is 16.7. The predicted molar refractivity (Wildman–Crippen MR) is 143 cm³/mol. The number of benzene rings is 2. The number of aromatic hydroxyl groups is 1. The Morgan fingerprint density at radius 3 is 2.29 bits per heavy atom. The van der Waals surface area contributed by atoms with Crippen molar-refractivity contribution in [3.8, 4) is 28.5 Å². The van der Waals surface area contributed by atoms with Crippen molar-refractivity contribution in [2.45, 2.75) is 59.2 Å². The fourth-order valence-corrected chi connectivity index (χ4v) is 4.80. The molecule has 0 aliphatic carbocycles. The lowest BCUT2D eigenvalue weighted by Crippen LogP contribution is -2.26. The summed E-state index contributed by atoms with van der Waals surface area (Å²) in [7, 11) is -1.25. The Bertz CT molecular complexity index is 1380. The summed E-state index contributed by atoms with van der Waals surface area (Å²) >= 11 is 0. The molecule has 0 spiro atoms. The number of nitrogens with zero attached hydrogens (tertiary/aromatic N) is 4. The van der Waals surface area contributed by atoms with E-state index >= 15 is 0 Å². The molecule has 0 aliphatic heterocycles. The van der Waals surface area contributed by atoms with E-state index in [2.05, 4.69) is 26.6 Å². The Morgan fingerprint density at radius 2 is 1.66 bits per heavy atom. The highest BCUT2D eigenvalue weighted by Crippen LogP contribution is 2.27. The normalized spacial score (nSPS) is 11.9. The van der Waals surface area contributed by atoms with Gasteiger partial charge < -0.3 is 9.84 Å². The van der Waals surface area contributed by atoms with Crippen LogP contribution in [-0.2, 0) is 18.0 Å². The number of aromatic nitrogens is 4. The topological polar surface area (TPSA) is 82.2 Å². The molecule has 0 amide bonds. The van der Waals surface area contributed by atoms with Gasteiger partial charge in [-0.05, 0) is 49.7 Å². The number of phenols is 1. The van der Waals surface area contributed by atoms with Gasteiger partial charge in [0, 0.05) is 32.4 Å². The second-order valence-corrected chi connectivity index (χ2v) is 15.8. The van der Waals surface area contributed by atoms with Crippen molar-refractivity contribution in [2.24, 2.45) is 0 Å². The summed E-state index contributed by atoms with van der Waals surface area (Å²) in [4.78, 5) is 23.6. The predicted octanol–water partition coefficient (Wildman–Crippen LogP) is 5.66. The Kier molecular flexibility index (Phi) is 7.23. The maximum atomic E-state index is 13.9. The van der Waals surface area contributed by atoms with Crippen LogP contribution in [0, 0.1) is 6.92 Å². The molecular weight excluding hydrogens is 456 g/mol. The zero-order chi connectivity index (χ0) is 25.2. The van der Waals surface area contributed by atoms with E-state index in [4.69, 9.17) is 14.7 Å². The third-order valence-corrected chi connectivity index (χ3v) is 7.63. The minimum Gasteiger partial charge on any atom is -0.508 e. The van der Waals surface area contributed by atoms with Crippen molar-refractivity contribution < 1.29 is 9.84 Å². The van der Waals surface area contributed by atoms with Crippen molar-refractivity contribution in [1.29, 1.82) is 0 Å². The van der Waals surface area contributed by atoms with E-state index < -0.39 is 8.07 Å². The van der Waals surface area contributed by atoms with E-state index in [0.29, 0.717) is 36.0 Å². The fourth-order valence-electron chi connectivity index (χ4n) is 4.04. The van der Waals surface area contributed by atoms with E-state index in [1.165, 1.54) is 0 Å². The molecule has 0 bridgehead atoms. The maximum Gasteiger partial charge on any atom is 0.280 e. The molecular formula is C27H34N4O3Si. The van der Waals surface area contributed by atoms with Crippen molar-refractivity contribution in [1.82, 2.24) is 19.1 Å². The molecule has 0 aliphatic rings. The second-order valence-electron chi connectivity index (χ2n) is 10.2. The molecule has 4 aromatic rings. The van der Waals surface area contributed by atoms with Crippen LogP contribution < -0.4 is 5.56 Å². The largest absolute Gasteiger partial charge is 0.508 e. The van der Waals surface area contributed by atoms with E-state index in [1.54, 1.807) is 28.8 Å². The summed E-state index contributed by atoms with van der Waals surface area (Å²) in [6.07, 6.45) is 0.803. The minimum absolute atomic E-state index is 0.125. The first kappa shape index (κ1) is 24.9. The molecule has 0 radical (unpaired) electrons. The third kappa shape index (κ3) is 5.54. The number of hydrogen-bond acceptors (Lipinski definition) is 5. The van der Waals surface area contributed by atoms with Gasteiger partial charge in [0.2, 0.25) is 0 Å². The highest BCUT2D eigenvalue weighted by Gasteiger charge is 2.22. The fraction of sp³-hybridized carbons (Fsp3) is 0.370. The molecule has 1 N–H and O–H groups in total. The molecule has 0 atom stereocenters. The van der Waals surface area contributed by atoms with Crippen molar-refractivity contribution in [2.75, 3.05) is 6.61 Å². The highest BCUT2D eigenvalue weighted by atomic mass is 28.3. The van der Waals surface area contributed by atoms with Gasteiger partial charge in [0.05, 0.1) is 0 Å². The summed E-state index contributed by atoms with van der Waals surface area (Å²) in [5, 5.41) is 9.77. The summed E-state index contributed by atoms with van der Waals surface area (Å²) in [6, 6.07) is 15.9. The van der Waals surface area contributed by atoms with Gasteiger partial charge in [-0.25, -0.2) is 9.97 Å². The molecule has 184 valence electrons. The first-order valence-electron chi connectivity index (χ1n) is 12.1. The van der Waals surface area contributed by atoms with Crippen LogP contribution in [0.5, 0.6) is 5.75 Å². The molecule has 2 heterocycles. The average molecular weight is 491 g/mol. The van der Waals surface area contributed by atoms with Gasteiger partial charge in [-0.15, -0.1) is 0 Å². The number of fused-ring (bicyclic) bond motifs is 1. The summed E-state index contributed by atoms with van der Waals surface area (Å²) in [5.41, 5.74) is 3.49. The van der Waals surface area contributed by atoms with Crippen LogP contribution >= 0.6 is 0 Å². The van der Waals surface area contributed by atoms with Gasteiger partial charge in [-0.3, -0.25) is 13.9 Å². The van der Waals surface area contributed by atoms with E-state index in [1.807, 2.05) is 35.8 Å². The Labute approximate surface area is 207 Å². The third-order valence-electron chi connectivity index (χ3n) is 5.93. The van der Waals surface area contributed by atoms with Crippen LogP contribution in [0.25, 0.3) is 33.9 Å². The van der Waals surface area contributed by atoms with Crippen LogP contribution in [-0.4, -0.2) is 38.9 Å².